The molecular formula is C31H41N5O8. The lowest BCUT2D eigenvalue weighted by atomic mass is 9.91. The van der Waals surface area contributed by atoms with Crippen LogP contribution in [0.3, 0.4) is 0 Å². The van der Waals surface area contributed by atoms with Crippen LogP contribution in [0, 0.1) is 0 Å². The average molecular weight is 612 g/mol. The van der Waals surface area contributed by atoms with Gasteiger partial charge in [0, 0.05) is 30.6 Å². The van der Waals surface area contributed by atoms with Crippen molar-refractivity contribution in [3.63, 3.8) is 0 Å². The van der Waals surface area contributed by atoms with Gasteiger partial charge in [0.05, 0.1) is 11.6 Å². The Kier molecular flexibility index (Phi) is 10.4. The van der Waals surface area contributed by atoms with Gasteiger partial charge in [-0.15, -0.1) is 0 Å². The number of aliphatic hydroxyl groups is 3. The maximum Gasteiger partial charge on any atom is 0.419 e. The van der Waals surface area contributed by atoms with Crippen molar-refractivity contribution in [3.8, 4) is 0 Å². The highest BCUT2D eigenvalue weighted by atomic mass is 16.6. The highest BCUT2D eigenvalue weighted by Gasteiger charge is 2.47. The summed E-state index contributed by atoms with van der Waals surface area (Å²) < 4.78 is 12.6. The number of para-hydroxylation sites is 1. The minimum absolute atomic E-state index is 0.131. The van der Waals surface area contributed by atoms with E-state index < -0.39 is 66.1 Å². The number of carbonyl (C=O) groups is 3. The van der Waals surface area contributed by atoms with Gasteiger partial charge in [0.15, 0.2) is 0 Å². The van der Waals surface area contributed by atoms with Crippen molar-refractivity contribution in [3.05, 3.63) is 71.9 Å². The molecule has 1 saturated heterocycles. The Balaban J connectivity index is 1.63. The van der Waals surface area contributed by atoms with Crippen LogP contribution in [-0.4, -0.2) is 92.5 Å². The van der Waals surface area contributed by atoms with Crippen molar-refractivity contribution in [1.29, 1.82) is 0 Å². The minimum atomic E-state index is -1.70. The molecule has 13 heteroatoms. The molecule has 3 aromatic rings. The van der Waals surface area contributed by atoms with Gasteiger partial charge in [-0.1, -0.05) is 48.5 Å². The molecule has 0 bridgehead atoms. The Morgan fingerprint density at radius 3 is 2.30 bits per heavy atom. The van der Waals surface area contributed by atoms with Crippen LogP contribution in [0.5, 0.6) is 0 Å². The molecule has 9 N–H and O–H groups in total. The Morgan fingerprint density at radius 1 is 0.977 bits per heavy atom. The van der Waals surface area contributed by atoms with Crippen LogP contribution in [0.1, 0.15) is 32.0 Å². The first-order valence-corrected chi connectivity index (χ1v) is 14.4. The van der Waals surface area contributed by atoms with E-state index in [9.17, 15) is 29.7 Å². The number of hydrogen-bond acceptors (Lipinski definition) is 10. The number of aliphatic hydroxyl groups excluding tert-OH is 3. The zero-order valence-electron chi connectivity index (χ0n) is 24.9. The van der Waals surface area contributed by atoms with E-state index >= 15 is 0 Å². The van der Waals surface area contributed by atoms with Crippen molar-refractivity contribution in [1.82, 2.24) is 15.2 Å². The summed E-state index contributed by atoms with van der Waals surface area (Å²) in [6, 6.07) is 15.3. The molecule has 0 aliphatic carbocycles. The zero-order valence-corrected chi connectivity index (χ0v) is 24.9. The third-order valence-corrected chi connectivity index (χ3v) is 7.36. The molecule has 4 rings (SSSR count). The Morgan fingerprint density at radius 2 is 1.64 bits per heavy atom. The third kappa shape index (κ3) is 7.62. The molecule has 1 aliphatic heterocycles. The summed E-state index contributed by atoms with van der Waals surface area (Å²) in [5, 5.41) is 37.1. The monoisotopic (exact) mass is 611 g/mol. The summed E-state index contributed by atoms with van der Waals surface area (Å²) in [7, 11) is 0. The fourth-order valence-corrected chi connectivity index (χ4v) is 5.10. The summed E-state index contributed by atoms with van der Waals surface area (Å²) in [5.41, 5.74) is 12.8. The van der Waals surface area contributed by atoms with E-state index in [-0.39, 0.29) is 19.5 Å². The van der Waals surface area contributed by atoms with Crippen LogP contribution in [-0.2, 0) is 32.0 Å². The van der Waals surface area contributed by atoms with Gasteiger partial charge in [-0.25, -0.2) is 9.36 Å². The fourth-order valence-electron chi connectivity index (χ4n) is 5.10. The van der Waals surface area contributed by atoms with E-state index in [1.165, 1.54) is 4.57 Å². The molecule has 0 radical (unpaired) electrons. The second kappa shape index (κ2) is 13.8. The second-order valence-corrected chi connectivity index (χ2v) is 11.9. The van der Waals surface area contributed by atoms with Gasteiger partial charge in [-0.2, -0.15) is 0 Å². The molecule has 2 amide bonds. The molecule has 238 valence electrons. The molecular weight excluding hydrogens is 570 g/mol. The van der Waals surface area contributed by atoms with Gasteiger partial charge < -0.3 is 46.9 Å². The predicted octanol–water partition coefficient (Wildman–Crippen LogP) is -0.0957. The van der Waals surface area contributed by atoms with Crippen molar-refractivity contribution < 1.29 is 39.2 Å². The van der Waals surface area contributed by atoms with Gasteiger partial charge in [-0.3, -0.25) is 9.59 Å². The van der Waals surface area contributed by atoms with Gasteiger partial charge in [-0.05, 0) is 38.5 Å². The van der Waals surface area contributed by atoms with Crippen molar-refractivity contribution >= 4 is 28.8 Å². The number of hydrogen-bond donors (Lipinski definition) is 7. The third-order valence-electron chi connectivity index (χ3n) is 7.36. The predicted molar refractivity (Wildman–Crippen MR) is 161 cm³/mol. The Labute approximate surface area is 255 Å². The number of amides is 2. The summed E-state index contributed by atoms with van der Waals surface area (Å²) in [6.07, 6.45) is -8.13. The van der Waals surface area contributed by atoms with Gasteiger partial charge >= 0.3 is 6.09 Å². The van der Waals surface area contributed by atoms with Crippen molar-refractivity contribution in [2.24, 2.45) is 11.5 Å². The molecule has 44 heavy (non-hydrogen) atoms. The second-order valence-electron chi connectivity index (χ2n) is 11.9. The maximum absolute atomic E-state index is 13.6. The quantitative estimate of drug-likeness (QED) is 0.171. The molecule has 3 unspecified atom stereocenters. The van der Waals surface area contributed by atoms with Crippen LogP contribution in [0.2, 0.25) is 0 Å². The van der Waals surface area contributed by atoms with E-state index in [1.54, 1.807) is 39.0 Å². The Bertz CT molecular complexity index is 1450. The summed E-state index contributed by atoms with van der Waals surface area (Å²) >= 11 is 0. The normalized spacial score (nSPS) is 23.5. The lowest BCUT2D eigenvalue weighted by Crippen LogP contribution is -2.66. The summed E-state index contributed by atoms with van der Waals surface area (Å²) in [4.78, 5) is 40.4. The first-order chi connectivity index (χ1) is 20.8. The SMILES string of the molecule is CC(C)(C)OC(=O)n1c(C[C@H](NC(=O)C(N)[C@H]2OC(CN)[C@H](O)[C@H](O)C2O)C(=O)NCc2ccccc2)cc2ccccc21. The number of ether oxygens (including phenoxy) is 2. The number of nitrogens with two attached hydrogens (primary N) is 2. The highest BCUT2D eigenvalue weighted by Crippen LogP contribution is 2.25. The number of fused-ring (bicyclic) bond motifs is 1. The van der Waals surface area contributed by atoms with Crippen LogP contribution < -0.4 is 22.1 Å². The van der Waals surface area contributed by atoms with E-state index in [4.69, 9.17) is 20.9 Å². The van der Waals surface area contributed by atoms with Crippen LogP contribution in [0.15, 0.2) is 60.7 Å². The van der Waals surface area contributed by atoms with Gasteiger partial charge in [0.25, 0.3) is 0 Å². The largest absolute Gasteiger partial charge is 0.443 e. The number of nitrogens with one attached hydrogen (secondary N) is 2. The minimum Gasteiger partial charge on any atom is -0.443 e. The summed E-state index contributed by atoms with van der Waals surface area (Å²) in [6.45, 7) is 5.19. The Hall–Kier alpha value is -3.85. The first kappa shape index (κ1) is 33.1. The van der Waals surface area contributed by atoms with E-state index in [0.29, 0.717) is 11.2 Å². The van der Waals surface area contributed by atoms with Gasteiger partial charge in [0.1, 0.15) is 42.1 Å². The molecule has 1 fully saturated rings. The smallest absolute Gasteiger partial charge is 0.419 e. The molecule has 13 nitrogen and oxygen atoms in total. The number of aromatic nitrogens is 1. The van der Waals surface area contributed by atoms with Crippen molar-refractivity contribution in [2.75, 3.05) is 6.54 Å². The standard InChI is InChI=1S/C31H41N5O8/c1-31(2,3)44-30(42)36-19(13-18-11-7-8-12-21(18)36)14-20(28(40)34-16-17-9-5-4-6-10-17)35-29(41)23(33)27-26(39)25(38)24(37)22(15-32)43-27/h4-13,20,22-27,37-39H,14-16,32-33H2,1-3H3,(H,34,40)(H,35,41)/t20-,22?,23?,24-,25-,26?,27+/m0/s1. The first-order valence-electron chi connectivity index (χ1n) is 14.4. The molecule has 1 aromatic heterocycles. The number of benzene rings is 2. The number of carbonyl (C=O) groups excluding carboxylic acids is 3. The number of rotatable bonds is 9. The molecule has 0 spiro atoms. The zero-order chi connectivity index (χ0) is 32.2. The van der Waals surface area contributed by atoms with Gasteiger partial charge in [0.2, 0.25) is 11.8 Å². The van der Waals surface area contributed by atoms with E-state index in [0.717, 1.165) is 10.9 Å². The topological polar surface area (TPSA) is 211 Å². The van der Waals surface area contributed by atoms with Crippen molar-refractivity contribution in [2.45, 2.75) is 81.9 Å². The summed E-state index contributed by atoms with van der Waals surface area (Å²) in [5.74, 6) is -1.43. The van der Waals surface area contributed by atoms with Crippen LogP contribution in [0.4, 0.5) is 4.79 Å². The highest BCUT2D eigenvalue weighted by molar-refractivity contribution is 5.93. The lowest BCUT2D eigenvalue weighted by Gasteiger charge is -2.42. The fraction of sp³-hybridized carbons (Fsp3) is 0.452. The number of nitrogens with zero attached hydrogens (tertiary/aromatic N) is 1. The molecule has 7 atom stereocenters. The maximum atomic E-state index is 13.6. The molecule has 2 aromatic carbocycles. The molecule has 2 heterocycles. The molecule has 0 saturated carbocycles. The van der Waals surface area contributed by atoms with E-state index in [2.05, 4.69) is 10.6 Å². The average Bonchev–Trinajstić information content (AvgIpc) is 3.36. The molecule has 1 aliphatic rings. The van der Waals surface area contributed by atoms with Crippen LogP contribution in [0.25, 0.3) is 10.9 Å². The lowest BCUT2D eigenvalue weighted by molar-refractivity contribution is -0.223. The van der Waals surface area contributed by atoms with E-state index in [1.807, 2.05) is 42.5 Å². The van der Waals surface area contributed by atoms with Crippen LogP contribution >= 0.6 is 0 Å².